The minimum atomic E-state index is -1.52. The second-order valence-corrected chi connectivity index (χ2v) is 5.96. The molecule has 0 aromatic carbocycles. The molecule has 4 heterocycles. The van der Waals surface area contributed by atoms with Crippen molar-refractivity contribution < 1.29 is 24.4 Å². The van der Waals surface area contributed by atoms with Crippen LogP contribution in [-0.4, -0.2) is 63.0 Å². The Hall–Kier alpha value is -1.52. The van der Waals surface area contributed by atoms with Crippen LogP contribution in [0.1, 0.15) is 11.8 Å². The maximum atomic E-state index is 12.0. The Balaban J connectivity index is 1.81. The summed E-state index contributed by atoms with van der Waals surface area (Å²) in [5.74, 6) is 0. The van der Waals surface area contributed by atoms with Crippen LogP contribution in [0.2, 0.25) is 0 Å². The van der Waals surface area contributed by atoms with E-state index in [4.69, 9.17) is 14.2 Å². The molecule has 1 aromatic rings. The summed E-state index contributed by atoms with van der Waals surface area (Å²) in [5, 5.41) is 20.9. The summed E-state index contributed by atoms with van der Waals surface area (Å²) in [6, 6.07) is 0. The Morgan fingerprint density at radius 3 is 2.86 bits per heavy atom. The minimum absolute atomic E-state index is 0.0278. The van der Waals surface area contributed by atoms with Crippen LogP contribution in [0.5, 0.6) is 0 Å². The van der Waals surface area contributed by atoms with E-state index in [1.165, 1.54) is 10.8 Å². The highest BCUT2D eigenvalue weighted by atomic mass is 16.6. The molecule has 3 aliphatic rings. The number of aliphatic hydroxyl groups is 2. The third-order valence-electron chi connectivity index (χ3n) is 4.64. The largest absolute Gasteiger partial charge is 0.388 e. The fourth-order valence-corrected chi connectivity index (χ4v) is 3.50. The first-order valence-corrected chi connectivity index (χ1v) is 7.04. The van der Waals surface area contributed by atoms with Gasteiger partial charge in [0.25, 0.3) is 5.56 Å². The number of aliphatic hydroxyl groups excluding tert-OH is 1. The monoisotopic (exact) mass is 312 g/mol. The van der Waals surface area contributed by atoms with Crippen LogP contribution < -0.4 is 11.2 Å². The highest BCUT2D eigenvalue weighted by molar-refractivity contribution is 5.16. The van der Waals surface area contributed by atoms with E-state index in [0.29, 0.717) is 5.56 Å². The van der Waals surface area contributed by atoms with Gasteiger partial charge < -0.3 is 24.4 Å². The van der Waals surface area contributed by atoms with Crippen molar-refractivity contribution >= 4 is 0 Å². The molecular formula is C13H16N2O7. The molecule has 3 N–H and O–H groups in total. The SMILES string of the molecule is Cc1cn([C@H]2O[C@@H]3[C@H](O)CO[C@H]4CO[C@@H]2[C@@]43O)c(=O)[nH]c1=O. The van der Waals surface area contributed by atoms with Crippen LogP contribution in [0.25, 0.3) is 0 Å². The molecule has 0 spiro atoms. The second kappa shape index (κ2) is 4.49. The van der Waals surface area contributed by atoms with Gasteiger partial charge in [0, 0.05) is 11.8 Å². The van der Waals surface area contributed by atoms with Gasteiger partial charge in [-0.05, 0) is 6.92 Å². The van der Waals surface area contributed by atoms with Gasteiger partial charge in [0.15, 0.2) is 11.8 Å². The second-order valence-electron chi connectivity index (χ2n) is 5.96. The number of nitrogens with zero attached hydrogens (tertiary/aromatic N) is 1. The van der Waals surface area contributed by atoms with Crippen molar-refractivity contribution in [1.29, 1.82) is 0 Å². The average Bonchev–Trinajstić information content (AvgIpc) is 2.95. The smallest absolute Gasteiger partial charge is 0.330 e. The zero-order valence-electron chi connectivity index (χ0n) is 11.8. The molecule has 0 bridgehead atoms. The van der Waals surface area contributed by atoms with Gasteiger partial charge in [-0.3, -0.25) is 14.3 Å². The van der Waals surface area contributed by atoms with E-state index in [0.717, 1.165) is 0 Å². The summed E-state index contributed by atoms with van der Waals surface area (Å²) in [7, 11) is 0. The van der Waals surface area contributed by atoms with E-state index >= 15 is 0 Å². The molecule has 6 atom stereocenters. The third kappa shape index (κ3) is 1.65. The molecule has 4 rings (SSSR count). The van der Waals surface area contributed by atoms with E-state index in [9.17, 15) is 19.8 Å². The molecule has 22 heavy (non-hydrogen) atoms. The Morgan fingerprint density at radius 1 is 1.32 bits per heavy atom. The zero-order valence-corrected chi connectivity index (χ0v) is 11.8. The van der Waals surface area contributed by atoms with Crippen molar-refractivity contribution in [2.24, 2.45) is 0 Å². The maximum absolute atomic E-state index is 12.0. The van der Waals surface area contributed by atoms with Gasteiger partial charge in [-0.15, -0.1) is 0 Å². The number of nitrogens with one attached hydrogen (secondary N) is 1. The lowest BCUT2D eigenvalue weighted by molar-refractivity contribution is -0.215. The van der Waals surface area contributed by atoms with Crippen molar-refractivity contribution in [1.82, 2.24) is 9.55 Å². The highest BCUT2D eigenvalue weighted by Gasteiger charge is 2.69. The number of aromatic amines is 1. The standard InChI is InChI=1S/C13H16N2O7/c1-5-2-15(12(18)14-10(5)17)11-9-13(19)7(4-21-9)20-3-6(16)8(13)22-11/h2,6-9,11,16,19H,3-4H2,1H3,(H,14,17,18)/t6-,7+,8-,9+,11+,13-/m1/s1. The van der Waals surface area contributed by atoms with Gasteiger partial charge in [-0.1, -0.05) is 0 Å². The molecule has 120 valence electrons. The molecule has 0 aliphatic carbocycles. The lowest BCUT2D eigenvalue weighted by Crippen LogP contribution is -2.62. The molecule has 0 amide bonds. The lowest BCUT2D eigenvalue weighted by atomic mass is 9.84. The van der Waals surface area contributed by atoms with E-state index in [1.807, 2.05) is 0 Å². The number of ether oxygens (including phenoxy) is 3. The fourth-order valence-electron chi connectivity index (χ4n) is 3.50. The maximum Gasteiger partial charge on any atom is 0.330 e. The minimum Gasteiger partial charge on any atom is -0.388 e. The summed E-state index contributed by atoms with van der Waals surface area (Å²) >= 11 is 0. The molecule has 3 aliphatic heterocycles. The molecule has 3 fully saturated rings. The molecular weight excluding hydrogens is 296 g/mol. The normalized spacial score (nSPS) is 43.3. The number of hydrogen-bond donors (Lipinski definition) is 3. The molecule has 1 aromatic heterocycles. The summed E-state index contributed by atoms with van der Waals surface area (Å²) < 4.78 is 17.9. The van der Waals surface area contributed by atoms with Gasteiger partial charge in [0.2, 0.25) is 0 Å². The first-order valence-electron chi connectivity index (χ1n) is 7.04. The molecule has 0 saturated carbocycles. The van der Waals surface area contributed by atoms with E-state index < -0.39 is 47.5 Å². The van der Waals surface area contributed by atoms with Crippen LogP contribution in [0, 0.1) is 6.92 Å². The summed E-state index contributed by atoms with van der Waals surface area (Å²) in [6.45, 7) is 1.74. The van der Waals surface area contributed by atoms with Gasteiger partial charge in [-0.2, -0.15) is 0 Å². The number of H-pyrrole nitrogens is 1. The lowest BCUT2D eigenvalue weighted by Gasteiger charge is -2.39. The van der Waals surface area contributed by atoms with E-state index in [2.05, 4.69) is 4.98 Å². The number of hydrogen-bond acceptors (Lipinski definition) is 7. The quantitative estimate of drug-likeness (QED) is 0.529. The van der Waals surface area contributed by atoms with E-state index in [-0.39, 0.29) is 13.2 Å². The number of rotatable bonds is 1. The molecule has 3 saturated heterocycles. The van der Waals surface area contributed by atoms with Crippen molar-refractivity contribution in [3.05, 3.63) is 32.6 Å². The first-order chi connectivity index (χ1) is 10.4. The van der Waals surface area contributed by atoms with Crippen molar-refractivity contribution in [2.75, 3.05) is 13.2 Å². The van der Waals surface area contributed by atoms with Gasteiger partial charge >= 0.3 is 5.69 Å². The zero-order chi connectivity index (χ0) is 15.6. The molecule has 9 heteroatoms. The average molecular weight is 312 g/mol. The van der Waals surface area contributed by atoms with Crippen LogP contribution in [0.15, 0.2) is 15.8 Å². The van der Waals surface area contributed by atoms with Crippen molar-refractivity contribution in [3.63, 3.8) is 0 Å². The van der Waals surface area contributed by atoms with Crippen LogP contribution in [-0.2, 0) is 14.2 Å². The van der Waals surface area contributed by atoms with Crippen molar-refractivity contribution in [2.45, 2.75) is 43.2 Å². The first kappa shape index (κ1) is 14.1. The van der Waals surface area contributed by atoms with E-state index in [1.54, 1.807) is 6.92 Å². The fraction of sp³-hybridized carbons (Fsp3) is 0.692. The Morgan fingerprint density at radius 2 is 2.09 bits per heavy atom. The van der Waals surface area contributed by atoms with Gasteiger partial charge in [-0.25, -0.2) is 4.79 Å². The van der Waals surface area contributed by atoms with Crippen LogP contribution >= 0.6 is 0 Å². The van der Waals surface area contributed by atoms with Crippen LogP contribution in [0.4, 0.5) is 0 Å². The summed E-state index contributed by atoms with van der Waals surface area (Å²) in [5.41, 5.74) is -2.34. The number of aryl methyl sites for hydroxylation is 1. The Bertz CT molecular complexity index is 728. The highest BCUT2D eigenvalue weighted by Crippen LogP contribution is 2.48. The van der Waals surface area contributed by atoms with Crippen LogP contribution in [0.3, 0.4) is 0 Å². The topological polar surface area (TPSA) is 123 Å². The predicted octanol–water partition coefficient (Wildman–Crippen LogP) is -2.37. The predicted molar refractivity (Wildman–Crippen MR) is 70.4 cm³/mol. The van der Waals surface area contributed by atoms with Crippen molar-refractivity contribution in [3.8, 4) is 0 Å². The molecule has 0 unspecified atom stereocenters. The Kier molecular flexibility index (Phi) is 2.88. The molecule has 9 nitrogen and oxygen atoms in total. The summed E-state index contributed by atoms with van der Waals surface area (Å²) in [4.78, 5) is 25.7. The van der Waals surface area contributed by atoms with Gasteiger partial charge in [0.1, 0.15) is 24.4 Å². The third-order valence-corrected chi connectivity index (χ3v) is 4.64. The molecule has 0 radical (unpaired) electrons. The van der Waals surface area contributed by atoms with Gasteiger partial charge in [0.05, 0.1) is 13.2 Å². The summed E-state index contributed by atoms with van der Waals surface area (Å²) in [6.07, 6.45) is -3.00. The number of aromatic nitrogens is 2. The Labute approximate surface area is 124 Å².